The predicted octanol–water partition coefficient (Wildman–Crippen LogP) is 16.5. The van der Waals surface area contributed by atoms with Crippen molar-refractivity contribution in [2.45, 2.75) is 31.1 Å². The molecule has 0 atom stereocenters. The minimum Gasteiger partial charge on any atom is -0.310 e. The average molecular weight is 816 g/mol. The Labute approximate surface area is 375 Å². The molecule has 0 aliphatic heterocycles. The van der Waals surface area contributed by atoms with Gasteiger partial charge in [0.15, 0.2) is 0 Å². The molecule has 0 heterocycles. The first-order chi connectivity index (χ1) is 31.7. The van der Waals surface area contributed by atoms with E-state index in [1.165, 1.54) is 118 Å². The molecule has 1 heteroatoms. The van der Waals surface area contributed by atoms with Crippen molar-refractivity contribution in [2.75, 3.05) is 4.90 Å². The van der Waals surface area contributed by atoms with Gasteiger partial charge in [-0.3, -0.25) is 0 Å². The second-order valence-electron chi connectivity index (χ2n) is 17.8. The number of aryl methyl sites for hydroxylation is 1. The van der Waals surface area contributed by atoms with E-state index in [0.717, 1.165) is 24.2 Å². The Morgan fingerprint density at radius 2 is 0.828 bits per heavy atom. The van der Waals surface area contributed by atoms with Crippen LogP contribution >= 0.6 is 0 Å². The summed E-state index contributed by atoms with van der Waals surface area (Å²) < 4.78 is 0. The van der Waals surface area contributed by atoms with Crippen LogP contribution in [0.4, 0.5) is 17.1 Å². The first kappa shape index (κ1) is 36.9. The monoisotopic (exact) mass is 815 g/mol. The highest BCUT2D eigenvalue weighted by Crippen LogP contribution is 2.64. The first-order valence-electron chi connectivity index (χ1n) is 22.9. The SMILES string of the molecule is c1ccc(-c2ccc(N(c3ccc(-c4ccc5ccccc5c4)cc3)c3cc4c(cc3-c3cccc5c3CCCC5)-c3ccccc3C43c4ccccc4-c4ccccc43)cc2)cc1. The third-order valence-corrected chi connectivity index (χ3v) is 14.5. The van der Waals surface area contributed by atoms with Crippen LogP contribution in [0.2, 0.25) is 0 Å². The van der Waals surface area contributed by atoms with Gasteiger partial charge >= 0.3 is 0 Å². The Kier molecular flexibility index (Phi) is 8.46. The van der Waals surface area contributed by atoms with Gasteiger partial charge in [-0.25, -0.2) is 0 Å². The van der Waals surface area contributed by atoms with Crippen molar-refractivity contribution >= 4 is 27.8 Å². The smallest absolute Gasteiger partial charge is 0.0726 e. The van der Waals surface area contributed by atoms with Crippen LogP contribution in [0.15, 0.2) is 224 Å². The largest absolute Gasteiger partial charge is 0.310 e. The normalized spacial score (nSPS) is 13.8. The standard InChI is InChI=1S/C63H45N/c1-2-15-42(16-3-1)44-31-35-49(36-32-44)64(50-37-33-45(34-38-50)48-30-29-43-17-4-5-19-47(43)39-48)62-41-61-56(40-57(62)52-25-14-20-46-18-6-7-21-51(46)52)55-24-10-13-28-60(55)63(61)58-26-11-8-22-53(58)54-23-9-12-27-59(54)63/h1-5,8-17,19-20,22-41H,6-7,18,21H2. The fourth-order valence-corrected chi connectivity index (χ4v) is 11.6. The molecular formula is C63H45N. The molecule has 0 fully saturated rings. The molecule has 13 rings (SSSR count). The molecule has 0 bridgehead atoms. The Morgan fingerprint density at radius 3 is 1.50 bits per heavy atom. The molecule has 0 N–H and O–H groups in total. The van der Waals surface area contributed by atoms with Crippen LogP contribution in [-0.2, 0) is 18.3 Å². The molecule has 3 aliphatic rings. The predicted molar refractivity (Wildman–Crippen MR) is 268 cm³/mol. The van der Waals surface area contributed by atoms with Crippen molar-refractivity contribution in [3.8, 4) is 55.6 Å². The van der Waals surface area contributed by atoms with Crippen LogP contribution in [0.25, 0.3) is 66.4 Å². The highest BCUT2D eigenvalue weighted by Gasteiger charge is 2.52. The molecule has 64 heavy (non-hydrogen) atoms. The third kappa shape index (κ3) is 5.57. The minimum atomic E-state index is -0.467. The maximum Gasteiger partial charge on any atom is 0.0726 e. The molecule has 302 valence electrons. The summed E-state index contributed by atoms with van der Waals surface area (Å²) in [4.78, 5) is 2.54. The Bertz CT molecular complexity index is 3390. The van der Waals surface area contributed by atoms with Gasteiger partial charge in [-0.05, 0) is 162 Å². The number of anilines is 3. The number of rotatable bonds is 6. The summed E-state index contributed by atoms with van der Waals surface area (Å²) in [6.07, 6.45) is 4.68. The molecule has 0 radical (unpaired) electrons. The van der Waals surface area contributed by atoms with E-state index in [1.807, 2.05) is 0 Å². The van der Waals surface area contributed by atoms with E-state index in [2.05, 4.69) is 229 Å². The van der Waals surface area contributed by atoms with E-state index in [0.29, 0.717) is 0 Å². The molecule has 3 aliphatic carbocycles. The van der Waals surface area contributed by atoms with Crippen LogP contribution in [0, 0.1) is 0 Å². The van der Waals surface area contributed by atoms with Gasteiger partial charge in [-0.2, -0.15) is 0 Å². The lowest BCUT2D eigenvalue weighted by molar-refractivity contribution is 0.687. The number of nitrogens with zero attached hydrogens (tertiary/aromatic N) is 1. The van der Waals surface area contributed by atoms with Crippen molar-refractivity contribution in [2.24, 2.45) is 0 Å². The second kappa shape index (κ2) is 14.7. The van der Waals surface area contributed by atoms with Crippen molar-refractivity contribution < 1.29 is 0 Å². The summed E-state index contributed by atoms with van der Waals surface area (Å²) >= 11 is 0. The van der Waals surface area contributed by atoms with Gasteiger partial charge in [0.25, 0.3) is 0 Å². The van der Waals surface area contributed by atoms with Crippen molar-refractivity contribution in [3.05, 3.63) is 258 Å². The lowest BCUT2D eigenvalue weighted by Gasteiger charge is -2.34. The molecule has 0 amide bonds. The summed E-state index contributed by atoms with van der Waals surface area (Å²) in [6.45, 7) is 0. The first-order valence-corrected chi connectivity index (χ1v) is 22.9. The van der Waals surface area contributed by atoms with Gasteiger partial charge < -0.3 is 4.90 Å². The molecule has 0 saturated heterocycles. The van der Waals surface area contributed by atoms with Gasteiger partial charge in [0.2, 0.25) is 0 Å². The van der Waals surface area contributed by atoms with Crippen molar-refractivity contribution in [3.63, 3.8) is 0 Å². The summed E-state index contributed by atoms with van der Waals surface area (Å²) in [7, 11) is 0. The molecule has 1 spiro atoms. The van der Waals surface area contributed by atoms with E-state index in [9.17, 15) is 0 Å². The van der Waals surface area contributed by atoms with Gasteiger partial charge in [-0.1, -0.05) is 182 Å². The van der Waals surface area contributed by atoms with E-state index < -0.39 is 5.41 Å². The second-order valence-corrected chi connectivity index (χ2v) is 17.8. The molecule has 1 nitrogen and oxygen atoms in total. The summed E-state index contributed by atoms with van der Waals surface area (Å²) in [5, 5.41) is 2.51. The highest BCUT2D eigenvalue weighted by molar-refractivity contribution is 6.01. The van der Waals surface area contributed by atoms with Crippen molar-refractivity contribution in [1.82, 2.24) is 0 Å². The lowest BCUT2D eigenvalue weighted by Crippen LogP contribution is -2.26. The maximum absolute atomic E-state index is 2.59. The molecular weight excluding hydrogens is 771 g/mol. The summed E-state index contributed by atoms with van der Waals surface area (Å²) in [5.74, 6) is 0. The highest BCUT2D eigenvalue weighted by atomic mass is 15.1. The zero-order valence-corrected chi connectivity index (χ0v) is 35.6. The van der Waals surface area contributed by atoms with Crippen LogP contribution in [0.3, 0.4) is 0 Å². The number of benzene rings is 10. The van der Waals surface area contributed by atoms with E-state index in [4.69, 9.17) is 0 Å². The zero-order valence-electron chi connectivity index (χ0n) is 35.6. The number of hydrogen-bond acceptors (Lipinski definition) is 1. The van der Waals surface area contributed by atoms with Gasteiger partial charge in [-0.15, -0.1) is 0 Å². The summed E-state index contributed by atoms with van der Waals surface area (Å²) in [6, 6.07) is 84.4. The lowest BCUT2D eigenvalue weighted by atomic mass is 9.70. The van der Waals surface area contributed by atoms with Gasteiger partial charge in [0.05, 0.1) is 11.1 Å². The van der Waals surface area contributed by atoms with E-state index in [1.54, 1.807) is 0 Å². The van der Waals surface area contributed by atoms with Crippen LogP contribution in [-0.4, -0.2) is 0 Å². The van der Waals surface area contributed by atoms with Crippen molar-refractivity contribution in [1.29, 1.82) is 0 Å². The van der Waals surface area contributed by atoms with E-state index in [-0.39, 0.29) is 0 Å². The molecule has 10 aromatic carbocycles. The fourth-order valence-electron chi connectivity index (χ4n) is 11.6. The maximum atomic E-state index is 2.59. The quantitative estimate of drug-likeness (QED) is 0.162. The Balaban J connectivity index is 1.09. The topological polar surface area (TPSA) is 3.24 Å². The Morgan fingerprint density at radius 1 is 0.312 bits per heavy atom. The molecule has 0 unspecified atom stereocenters. The van der Waals surface area contributed by atoms with Gasteiger partial charge in [0, 0.05) is 16.9 Å². The molecule has 0 saturated carbocycles. The summed E-state index contributed by atoms with van der Waals surface area (Å²) in [5.41, 5.74) is 24.1. The molecule has 0 aromatic heterocycles. The van der Waals surface area contributed by atoms with Gasteiger partial charge in [0.1, 0.15) is 0 Å². The third-order valence-electron chi connectivity index (χ3n) is 14.5. The fraction of sp³-hybridized carbons (Fsp3) is 0.0794. The average Bonchev–Trinajstić information content (AvgIpc) is 3.83. The zero-order chi connectivity index (χ0) is 42.2. The van der Waals surface area contributed by atoms with E-state index >= 15 is 0 Å². The van der Waals surface area contributed by atoms with Crippen LogP contribution < -0.4 is 4.90 Å². The minimum absolute atomic E-state index is 0.467. The van der Waals surface area contributed by atoms with Crippen LogP contribution in [0.1, 0.15) is 46.2 Å². The Hall–Kier alpha value is -7.74. The van der Waals surface area contributed by atoms with Crippen LogP contribution in [0.5, 0.6) is 0 Å². The number of fused-ring (bicyclic) bond motifs is 12. The number of hydrogen-bond donors (Lipinski definition) is 0. The molecule has 10 aromatic rings.